The number of rotatable bonds is 4. The molecule has 2 nitrogen and oxygen atoms in total. The van der Waals surface area contributed by atoms with Gasteiger partial charge in [0.2, 0.25) is 0 Å². The Bertz CT molecular complexity index is 166. The highest BCUT2D eigenvalue weighted by Gasteiger charge is 2.21. The third-order valence-electron chi connectivity index (χ3n) is 3.87. The Labute approximate surface area is 88.1 Å². The highest BCUT2D eigenvalue weighted by atomic mass is 15.2. The van der Waals surface area contributed by atoms with E-state index in [2.05, 4.69) is 17.1 Å². The van der Waals surface area contributed by atoms with Crippen molar-refractivity contribution in [1.29, 1.82) is 0 Å². The molecule has 0 amide bonds. The van der Waals surface area contributed by atoms with E-state index in [1.807, 2.05) is 0 Å². The Morgan fingerprint density at radius 1 is 1.21 bits per heavy atom. The van der Waals surface area contributed by atoms with Crippen molar-refractivity contribution in [2.24, 2.45) is 5.92 Å². The lowest BCUT2D eigenvalue weighted by Crippen LogP contribution is -2.47. The van der Waals surface area contributed by atoms with Crippen LogP contribution in [-0.4, -0.2) is 37.1 Å². The van der Waals surface area contributed by atoms with Gasteiger partial charge in [0.05, 0.1) is 0 Å². The molecule has 82 valence electrons. The first-order valence-corrected chi connectivity index (χ1v) is 6.34. The van der Waals surface area contributed by atoms with Gasteiger partial charge in [0.15, 0.2) is 0 Å². The summed E-state index contributed by atoms with van der Waals surface area (Å²) in [7, 11) is 0. The maximum Gasteiger partial charge on any atom is 0.0195 e. The Hall–Kier alpha value is -0.0800. The molecule has 0 aromatic heterocycles. The zero-order valence-corrected chi connectivity index (χ0v) is 9.47. The molecule has 2 aliphatic rings. The molecule has 14 heavy (non-hydrogen) atoms. The standard InChI is InChI=1S/C12H24N2/c1-2-14-8-4-7-12(10-14)13-9-11-5-3-6-11/h11-13H,2-10H2,1H3. The van der Waals surface area contributed by atoms with Gasteiger partial charge in [-0.15, -0.1) is 0 Å². The molecule has 1 N–H and O–H groups in total. The summed E-state index contributed by atoms with van der Waals surface area (Å²) in [5, 5.41) is 3.75. The minimum atomic E-state index is 0.782. The number of nitrogens with one attached hydrogen (secondary N) is 1. The van der Waals surface area contributed by atoms with Crippen LogP contribution in [0.2, 0.25) is 0 Å². The van der Waals surface area contributed by atoms with E-state index >= 15 is 0 Å². The zero-order valence-electron chi connectivity index (χ0n) is 9.47. The molecule has 0 bridgehead atoms. The summed E-state index contributed by atoms with van der Waals surface area (Å²) < 4.78 is 0. The normalized spacial score (nSPS) is 30.2. The van der Waals surface area contributed by atoms with Gasteiger partial charge >= 0.3 is 0 Å². The Morgan fingerprint density at radius 3 is 2.71 bits per heavy atom. The third kappa shape index (κ3) is 2.71. The van der Waals surface area contributed by atoms with Gasteiger partial charge in [-0.2, -0.15) is 0 Å². The van der Waals surface area contributed by atoms with Crippen LogP contribution in [0.5, 0.6) is 0 Å². The first kappa shape index (κ1) is 10.4. The van der Waals surface area contributed by atoms with Crippen LogP contribution in [0.4, 0.5) is 0 Å². The summed E-state index contributed by atoms with van der Waals surface area (Å²) in [6.45, 7) is 7.37. The van der Waals surface area contributed by atoms with Crippen LogP contribution in [0.3, 0.4) is 0 Å². The molecule has 2 rings (SSSR count). The van der Waals surface area contributed by atoms with Crippen molar-refractivity contribution >= 4 is 0 Å². The fraction of sp³-hybridized carbons (Fsp3) is 1.00. The number of hydrogen-bond donors (Lipinski definition) is 1. The van der Waals surface area contributed by atoms with Gasteiger partial charge in [0.25, 0.3) is 0 Å². The largest absolute Gasteiger partial charge is 0.312 e. The summed E-state index contributed by atoms with van der Waals surface area (Å²) in [6, 6.07) is 0.782. The minimum absolute atomic E-state index is 0.782. The lowest BCUT2D eigenvalue weighted by atomic mass is 9.85. The minimum Gasteiger partial charge on any atom is -0.312 e. The van der Waals surface area contributed by atoms with E-state index in [1.54, 1.807) is 0 Å². The molecular weight excluding hydrogens is 172 g/mol. The summed E-state index contributed by atoms with van der Waals surface area (Å²) in [5.74, 6) is 1.01. The van der Waals surface area contributed by atoms with Crippen LogP contribution in [0.1, 0.15) is 39.0 Å². The maximum absolute atomic E-state index is 3.75. The van der Waals surface area contributed by atoms with Crippen molar-refractivity contribution in [3.63, 3.8) is 0 Å². The number of hydrogen-bond acceptors (Lipinski definition) is 2. The monoisotopic (exact) mass is 196 g/mol. The molecule has 1 unspecified atom stereocenters. The first-order chi connectivity index (χ1) is 6.88. The van der Waals surface area contributed by atoms with Crippen LogP contribution in [0.25, 0.3) is 0 Å². The van der Waals surface area contributed by atoms with Crippen molar-refractivity contribution in [2.75, 3.05) is 26.2 Å². The van der Waals surface area contributed by atoms with Crippen LogP contribution in [0.15, 0.2) is 0 Å². The van der Waals surface area contributed by atoms with Crippen LogP contribution in [0, 0.1) is 5.92 Å². The van der Waals surface area contributed by atoms with Gasteiger partial charge in [0.1, 0.15) is 0 Å². The average Bonchev–Trinajstić information content (AvgIpc) is 2.16. The van der Waals surface area contributed by atoms with Gasteiger partial charge < -0.3 is 10.2 Å². The molecule has 2 heteroatoms. The molecule has 0 aromatic carbocycles. The number of nitrogens with zero attached hydrogens (tertiary/aromatic N) is 1. The van der Waals surface area contributed by atoms with E-state index in [1.165, 1.54) is 58.3 Å². The molecule has 0 spiro atoms. The predicted molar refractivity (Wildman–Crippen MR) is 60.5 cm³/mol. The lowest BCUT2D eigenvalue weighted by Gasteiger charge is -2.34. The van der Waals surface area contributed by atoms with Gasteiger partial charge in [0, 0.05) is 12.6 Å². The molecule has 1 heterocycles. The van der Waals surface area contributed by atoms with Crippen molar-refractivity contribution in [3.8, 4) is 0 Å². The van der Waals surface area contributed by atoms with E-state index in [4.69, 9.17) is 0 Å². The van der Waals surface area contributed by atoms with E-state index in [0.717, 1.165) is 12.0 Å². The Kier molecular flexibility index (Phi) is 3.82. The first-order valence-electron chi connectivity index (χ1n) is 6.34. The van der Waals surface area contributed by atoms with Gasteiger partial charge in [-0.1, -0.05) is 13.3 Å². The van der Waals surface area contributed by atoms with Crippen molar-refractivity contribution in [1.82, 2.24) is 10.2 Å². The van der Waals surface area contributed by atoms with E-state index in [0.29, 0.717) is 0 Å². The van der Waals surface area contributed by atoms with Crippen LogP contribution in [-0.2, 0) is 0 Å². The molecule has 0 radical (unpaired) electrons. The summed E-state index contributed by atoms with van der Waals surface area (Å²) in [5.41, 5.74) is 0. The fourth-order valence-electron chi connectivity index (χ4n) is 2.54. The molecule has 1 saturated heterocycles. The Balaban J connectivity index is 1.63. The van der Waals surface area contributed by atoms with Crippen LogP contribution >= 0.6 is 0 Å². The molecule has 1 saturated carbocycles. The number of likely N-dealkylation sites (tertiary alicyclic amines) is 1. The van der Waals surface area contributed by atoms with Crippen molar-refractivity contribution in [3.05, 3.63) is 0 Å². The van der Waals surface area contributed by atoms with Gasteiger partial charge in [-0.25, -0.2) is 0 Å². The highest BCUT2D eigenvalue weighted by Crippen LogP contribution is 2.25. The molecule has 2 fully saturated rings. The van der Waals surface area contributed by atoms with Crippen molar-refractivity contribution < 1.29 is 0 Å². The number of likely N-dealkylation sites (N-methyl/N-ethyl adjacent to an activating group) is 1. The second kappa shape index (κ2) is 5.13. The molecule has 1 aliphatic carbocycles. The smallest absolute Gasteiger partial charge is 0.0195 e. The fourth-order valence-corrected chi connectivity index (χ4v) is 2.54. The van der Waals surface area contributed by atoms with Crippen LogP contribution < -0.4 is 5.32 Å². The second-order valence-electron chi connectivity index (χ2n) is 4.94. The van der Waals surface area contributed by atoms with Gasteiger partial charge in [-0.05, 0) is 51.2 Å². The predicted octanol–water partition coefficient (Wildman–Crippen LogP) is 1.86. The van der Waals surface area contributed by atoms with E-state index in [9.17, 15) is 0 Å². The molecule has 0 aromatic rings. The lowest BCUT2D eigenvalue weighted by molar-refractivity contribution is 0.186. The van der Waals surface area contributed by atoms with E-state index in [-0.39, 0.29) is 0 Å². The average molecular weight is 196 g/mol. The highest BCUT2D eigenvalue weighted by molar-refractivity contribution is 4.80. The molecule has 1 aliphatic heterocycles. The number of piperidine rings is 1. The SMILES string of the molecule is CCN1CCCC(NCC2CCC2)C1. The maximum atomic E-state index is 3.75. The topological polar surface area (TPSA) is 15.3 Å². The zero-order chi connectivity index (χ0) is 9.80. The second-order valence-corrected chi connectivity index (χ2v) is 4.94. The molecule has 1 atom stereocenters. The summed E-state index contributed by atoms with van der Waals surface area (Å²) >= 11 is 0. The third-order valence-corrected chi connectivity index (χ3v) is 3.87. The summed E-state index contributed by atoms with van der Waals surface area (Å²) in [6.07, 6.45) is 7.19. The van der Waals surface area contributed by atoms with Crippen molar-refractivity contribution in [2.45, 2.75) is 45.1 Å². The van der Waals surface area contributed by atoms with Gasteiger partial charge in [-0.3, -0.25) is 0 Å². The molecular formula is C12H24N2. The summed E-state index contributed by atoms with van der Waals surface area (Å²) in [4.78, 5) is 2.57. The Morgan fingerprint density at radius 2 is 2.07 bits per heavy atom. The van der Waals surface area contributed by atoms with E-state index < -0.39 is 0 Å². The quantitative estimate of drug-likeness (QED) is 0.738.